The summed E-state index contributed by atoms with van der Waals surface area (Å²) in [5, 5.41) is 0.620. The van der Waals surface area contributed by atoms with Gasteiger partial charge in [-0.2, -0.15) is 0 Å². The zero-order chi connectivity index (χ0) is 8.10. The van der Waals surface area contributed by atoms with Gasteiger partial charge in [0.2, 0.25) is 0 Å². The van der Waals surface area contributed by atoms with E-state index in [0.29, 0.717) is 11.5 Å². The van der Waals surface area contributed by atoms with E-state index in [1.54, 1.807) is 6.07 Å². The van der Waals surface area contributed by atoms with Crippen LogP contribution in [0.4, 0.5) is 0 Å². The SMILES string of the molecule is O=COCc1ccccc1Cl.[H-].[Na+]. The Kier molecular flexibility index (Phi) is 6.48. The molecule has 0 radical (unpaired) electrons. The molecule has 0 N–H and O–H groups in total. The Bertz CT molecular complexity index is 258. The molecule has 0 unspecified atom stereocenters. The van der Waals surface area contributed by atoms with Crippen LogP contribution in [0.3, 0.4) is 0 Å². The second kappa shape index (κ2) is 6.49. The van der Waals surface area contributed by atoms with E-state index in [1.165, 1.54) is 0 Å². The molecule has 2 nitrogen and oxygen atoms in total. The molecule has 0 aliphatic rings. The molecule has 0 aliphatic carbocycles. The van der Waals surface area contributed by atoms with Crippen LogP contribution in [-0.4, -0.2) is 6.47 Å². The predicted molar refractivity (Wildman–Crippen MR) is 43.4 cm³/mol. The van der Waals surface area contributed by atoms with Crippen molar-refractivity contribution in [2.45, 2.75) is 6.61 Å². The summed E-state index contributed by atoms with van der Waals surface area (Å²) < 4.78 is 4.54. The van der Waals surface area contributed by atoms with Crippen molar-refractivity contribution >= 4 is 18.1 Å². The summed E-state index contributed by atoms with van der Waals surface area (Å²) in [6.45, 7) is 0.645. The fourth-order valence-electron chi connectivity index (χ4n) is 0.739. The molecule has 0 bridgehead atoms. The molecule has 0 spiro atoms. The van der Waals surface area contributed by atoms with Crippen LogP contribution >= 0.6 is 11.6 Å². The minimum Gasteiger partial charge on any atom is -1.00 e. The van der Waals surface area contributed by atoms with Crippen molar-refractivity contribution in [2.24, 2.45) is 0 Å². The van der Waals surface area contributed by atoms with Crippen LogP contribution in [0.5, 0.6) is 0 Å². The van der Waals surface area contributed by atoms with E-state index in [9.17, 15) is 4.79 Å². The van der Waals surface area contributed by atoms with Gasteiger partial charge in [-0.1, -0.05) is 29.8 Å². The maximum absolute atomic E-state index is 9.82. The Morgan fingerprint density at radius 3 is 2.75 bits per heavy atom. The number of carbonyl (C=O) groups is 1. The molecule has 0 aromatic heterocycles. The molecule has 60 valence electrons. The third-order valence-corrected chi connectivity index (χ3v) is 1.63. The molecule has 1 rings (SSSR count). The number of halogens is 1. The Morgan fingerprint density at radius 2 is 2.17 bits per heavy atom. The number of hydrogen-bond acceptors (Lipinski definition) is 2. The Labute approximate surface area is 99.6 Å². The molecule has 12 heavy (non-hydrogen) atoms. The van der Waals surface area contributed by atoms with Crippen molar-refractivity contribution < 1.29 is 40.5 Å². The zero-order valence-corrected chi connectivity index (χ0v) is 9.54. The van der Waals surface area contributed by atoms with Gasteiger partial charge in [-0.15, -0.1) is 0 Å². The second-order valence-corrected chi connectivity index (χ2v) is 2.41. The summed E-state index contributed by atoms with van der Waals surface area (Å²) in [6, 6.07) is 7.24. The van der Waals surface area contributed by atoms with Gasteiger partial charge < -0.3 is 6.16 Å². The molecule has 0 saturated carbocycles. The topological polar surface area (TPSA) is 26.3 Å². The second-order valence-electron chi connectivity index (χ2n) is 2.00. The van der Waals surface area contributed by atoms with E-state index in [-0.39, 0.29) is 37.6 Å². The first kappa shape index (κ1) is 12.0. The van der Waals surface area contributed by atoms with Crippen LogP contribution in [0.25, 0.3) is 0 Å². The Morgan fingerprint density at radius 1 is 1.50 bits per heavy atom. The standard InChI is InChI=1S/C8H7ClO2.Na.H/c9-8-4-2-1-3-7(8)5-11-6-10;;/h1-4,6H,5H2;;/q;+1;-1. The van der Waals surface area contributed by atoms with Gasteiger partial charge in [0.05, 0.1) is 0 Å². The van der Waals surface area contributed by atoms with E-state index in [1.807, 2.05) is 18.2 Å². The van der Waals surface area contributed by atoms with Crippen LogP contribution in [0.2, 0.25) is 5.02 Å². The van der Waals surface area contributed by atoms with Crippen molar-refractivity contribution in [1.29, 1.82) is 0 Å². The summed E-state index contributed by atoms with van der Waals surface area (Å²) in [7, 11) is 0. The van der Waals surface area contributed by atoms with E-state index >= 15 is 0 Å². The molecule has 0 heterocycles. The molecule has 0 amide bonds. The minimum atomic E-state index is 0. The van der Waals surface area contributed by atoms with Crippen molar-refractivity contribution in [3.8, 4) is 0 Å². The average molecular weight is 195 g/mol. The molecule has 1 aromatic carbocycles. The fourth-order valence-corrected chi connectivity index (χ4v) is 0.930. The van der Waals surface area contributed by atoms with Gasteiger partial charge in [0.1, 0.15) is 6.61 Å². The molecule has 1 aromatic rings. The Balaban J connectivity index is 0. The average Bonchev–Trinajstić information content (AvgIpc) is 2.03. The molecular formula is C8H8ClNaO2. The third kappa shape index (κ3) is 3.59. The predicted octanol–water partition coefficient (Wildman–Crippen LogP) is -0.871. The van der Waals surface area contributed by atoms with Crippen LogP contribution < -0.4 is 29.6 Å². The fraction of sp³-hybridized carbons (Fsp3) is 0.125. The number of benzene rings is 1. The summed E-state index contributed by atoms with van der Waals surface area (Å²) in [6.07, 6.45) is 0. The van der Waals surface area contributed by atoms with Gasteiger partial charge in [-0.25, -0.2) is 0 Å². The molecule has 0 atom stereocenters. The van der Waals surface area contributed by atoms with E-state index < -0.39 is 0 Å². The smallest absolute Gasteiger partial charge is 1.00 e. The van der Waals surface area contributed by atoms with E-state index in [2.05, 4.69) is 4.74 Å². The van der Waals surface area contributed by atoms with Gasteiger partial charge in [-0.3, -0.25) is 4.79 Å². The van der Waals surface area contributed by atoms with Crippen LogP contribution in [0.15, 0.2) is 24.3 Å². The normalized spacial score (nSPS) is 8.42. The van der Waals surface area contributed by atoms with Crippen LogP contribution in [0.1, 0.15) is 6.99 Å². The molecule has 0 saturated heterocycles. The number of ether oxygens (including phenoxy) is 1. The van der Waals surface area contributed by atoms with E-state index in [4.69, 9.17) is 11.6 Å². The first-order chi connectivity index (χ1) is 5.34. The van der Waals surface area contributed by atoms with Gasteiger partial charge >= 0.3 is 29.6 Å². The summed E-state index contributed by atoms with van der Waals surface area (Å²) >= 11 is 5.76. The third-order valence-electron chi connectivity index (χ3n) is 1.26. The summed E-state index contributed by atoms with van der Waals surface area (Å²) in [5.74, 6) is 0. The van der Waals surface area contributed by atoms with Crippen molar-refractivity contribution in [1.82, 2.24) is 0 Å². The quantitative estimate of drug-likeness (QED) is 0.462. The van der Waals surface area contributed by atoms with Crippen molar-refractivity contribution in [3.63, 3.8) is 0 Å². The number of carbonyl (C=O) groups excluding carboxylic acids is 1. The molecular weight excluding hydrogens is 187 g/mol. The number of hydrogen-bond donors (Lipinski definition) is 0. The van der Waals surface area contributed by atoms with Crippen molar-refractivity contribution in [3.05, 3.63) is 34.9 Å². The van der Waals surface area contributed by atoms with Crippen LogP contribution in [0, 0.1) is 0 Å². The van der Waals surface area contributed by atoms with Crippen molar-refractivity contribution in [2.75, 3.05) is 0 Å². The van der Waals surface area contributed by atoms with Crippen LogP contribution in [-0.2, 0) is 16.1 Å². The number of rotatable bonds is 3. The summed E-state index contributed by atoms with van der Waals surface area (Å²) in [5.41, 5.74) is 0.821. The molecule has 0 fully saturated rings. The van der Waals surface area contributed by atoms with E-state index in [0.717, 1.165) is 5.56 Å². The maximum atomic E-state index is 9.82. The van der Waals surface area contributed by atoms with Gasteiger partial charge in [0.25, 0.3) is 6.47 Å². The first-order valence-corrected chi connectivity index (χ1v) is 3.51. The van der Waals surface area contributed by atoms with Gasteiger partial charge in [-0.05, 0) is 6.07 Å². The molecule has 0 aliphatic heterocycles. The Hall–Kier alpha value is -0.0200. The first-order valence-electron chi connectivity index (χ1n) is 3.13. The van der Waals surface area contributed by atoms with Gasteiger partial charge in [0, 0.05) is 10.6 Å². The minimum absolute atomic E-state index is 0. The monoisotopic (exact) mass is 194 g/mol. The largest absolute Gasteiger partial charge is 1.00 e. The summed E-state index contributed by atoms with van der Waals surface area (Å²) in [4.78, 5) is 9.82. The zero-order valence-electron chi connectivity index (χ0n) is 7.79. The maximum Gasteiger partial charge on any atom is 1.00 e. The molecule has 4 heteroatoms. The van der Waals surface area contributed by atoms with Gasteiger partial charge in [0.15, 0.2) is 0 Å².